The molecule has 0 aliphatic rings. The van der Waals surface area contributed by atoms with E-state index in [1.807, 2.05) is 12.1 Å². The van der Waals surface area contributed by atoms with E-state index in [9.17, 15) is 5.11 Å². The Hall–Kier alpha value is -1.02. The Morgan fingerprint density at radius 1 is 1.11 bits per heavy atom. The van der Waals surface area contributed by atoms with Gasteiger partial charge in [0.1, 0.15) is 5.75 Å². The molecule has 1 aromatic carbocycles. The summed E-state index contributed by atoms with van der Waals surface area (Å²) in [6.07, 6.45) is 4.53. The summed E-state index contributed by atoms with van der Waals surface area (Å²) in [4.78, 5) is 0. The molecule has 0 aliphatic carbocycles. The smallest absolute Gasteiger partial charge is 0.118 e. The minimum atomic E-state index is 0.282. The van der Waals surface area contributed by atoms with Crippen molar-refractivity contribution in [2.24, 2.45) is 11.8 Å². The lowest BCUT2D eigenvalue weighted by Gasteiger charge is -2.15. The van der Waals surface area contributed by atoms with Crippen LogP contribution in [0.25, 0.3) is 0 Å². The standard InChI is InChI=1S/C16H26O2/c1-13(2)5-4-6-15(12-17)11-14-7-9-16(18-3)10-8-14/h7-10,13,15,17H,4-6,11-12H2,1-3H3. The minimum Gasteiger partial charge on any atom is -0.497 e. The Morgan fingerprint density at radius 2 is 1.78 bits per heavy atom. The third-order valence-electron chi connectivity index (χ3n) is 3.34. The zero-order valence-electron chi connectivity index (χ0n) is 11.9. The van der Waals surface area contributed by atoms with E-state index in [2.05, 4.69) is 26.0 Å². The second kappa shape index (κ2) is 8.15. The Bertz CT molecular complexity index is 316. The molecule has 1 unspecified atom stereocenters. The van der Waals surface area contributed by atoms with Crippen LogP contribution >= 0.6 is 0 Å². The Balaban J connectivity index is 2.41. The minimum absolute atomic E-state index is 0.282. The first kappa shape index (κ1) is 15.0. The molecule has 1 rings (SSSR count). The van der Waals surface area contributed by atoms with Crippen LogP contribution in [-0.4, -0.2) is 18.8 Å². The summed E-state index contributed by atoms with van der Waals surface area (Å²) in [6.45, 7) is 4.78. The molecule has 0 bridgehead atoms. The molecule has 0 spiro atoms. The van der Waals surface area contributed by atoms with Gasteiger partial charge in [-0.25, -0.2) is 0 Å². The Morgan fingerprint density at radius 3 is 2.28 bits per heavy atom. The number of hydrogen-bond donors (Lipinski definition) is 1. The molecule has 1 atom stereocenters. The third-order valence-corrected chi connectivity index (χ3v) is 3.34. The lowest BCUT2D eigenvalue weighted by molar-refractivity contribution is 0.213. The third kappa shape index (κ3) is 5.54. The number of aliphatic hydroxyl groups is 1. The average Bonchev–Trinajstić information content (AvgIpc) is 2.38. The number of methoxy groups -OCH3 is 1. The highest BCUT2D eigenvalue weighted by Gasteiger charge is 2.09. The van der Waals surface area contributed by atoms with Gasteiger partial charge in [-0.15, -0.1) is 0 Å². The molecule has 0 aromatic heterocycles. The molecular weight excluding hydrogens is 224 g/mol. The van der Waals surface area contributed by atoms with Gasteiger partial charge < -0.3 is 9.84 Å². The maximum absolute atomic E-state index is 9.43. The highest BCUT2D eigenvalue weighted by atomic mass is 16.5. The fraction of sp³-hybridized carbons (Fsp3) is 0.625. The highest BCUT2D eigenvalue weighted by Crippen LogP contribution is 2.19. The molecule has 1 N–H and O–H groups in total. The van der Waals surface area contributed by atoms with Gasteiger partial charge in [-0.3, -0.25) is 0 Å². The molecular formula is C16H26O2. The van der Waals surface area contributed by atoms with E-state index in [4.69, 9.17) is 4.74 Å². The summed E-state index contributed by atoms with van der Waals surface area (Å²) < 4.78 is 5.14. The van der Waals surface area contributed by atoms with Crippen molar-refractivity contribution in [2.45, 2.75) is 39.5 Å². The van der Waals surface area contributed by atoms with Crippen LogP contribution in [0.2, 0.25) is 0 Å². The van der Waals surface area contributed by atoms with Gasteiger partial charge in [-0.05, 0) is 42.4 Å². The van der Waals surface area contributed by atoms with Crippen molar-refractivity contribution in [1.82, 2.24) is 0 Å². The predicted molar refractivity (Wildman–Crippen MR) is 76.0 cm³/mol. The SMILES string of the molecule is COc1ccc(CC(CO)CCCC(C)C)cc1. The van der Waals surface area contributed by atoms with E-state index in [0.29, 0.717) is 5.92 Å². The zero-order chi connectivity index (χ0) is 13.4. The van der Waals surface area contributed by atoms with E-state index < -0.39 is 0 Å². The molecule has 2 nitrogen and oxygen atoms in total. The molecule has 2 heteroatoms. The molecule has 0 amide bonds. The van der Waals surface area contributed by atoms with Crippen molar-refractivity contribution in [3.05, 3.63) is 29.8 Å². The monoisotopic (exact) mass is 250 g/mol. The topological polar surface area (TPSA) is 29.5 Å². The first-order valence-electron chi connectivity index (χ1n) is 6.89. The van der Waals surface area contributed by atoms with Crippen LogP contribution in [-0.2, 0) is 6.42 Å². The van der Waals surface area contributed by atoms with E-state index >= 15 is 0 Å². The molecule has 18 heavy (non-hydrogen) atoms. The number of rotatable bonds is 8. The van der Waals surface area contributed by atoms with Crippen LogP contribution in [0.5, 0.6) is 5.75 Å². The molecule has 0 saturated carbocycles. The summed E-state index contributed by atoms with van der Waals surface area (Å²) in [7, 11) is 1.68. The summed E-state index contributed by atoms with van der Waals surface area (Å²) in [5, 5.41) is 9.43. The maximum atomic E-state index is 9.43. The van der Waals surface area contributed by atoms with Crippen LogP contribution in [0, 0.1) is 11.8 Å². The molecule has 0 aliphatic heterocycles. The molecule has 0 saturated heterocycles. The quantitative estimate of drug-likeness (QED) is 0.762. The fourth-order valence-corrected chi connectivity index (χ4v) is 2.17. The number of ether oxygens (including phenoxy) is 1. The van der Waals surface area contributed by atoms with Gasteiger partial charge in [0.15, 0.2) is 0 Å². The van der Waals surface area contributed by atoms with E-state index in [1.54, 1.807) is 7.11 Å². The summed E-state index contributed by atoms with van der Waals surface area (Å²) in [5.74, 6) is 2.03. The van der Waals surface area contributed by atoms with E-state index in [1.165, 1.54) is 18.4 Å². The molecule has 1 aromatic rings. The van der Waals surface area contributed by atoms with Gasteiger partial charge >= 0.3 is 0 Å². The normalized spacial score (nSPS) is 12.7. The lowest BCUT2D eigenvalue weighted by Crippen LogP contribution is -2.10. The van der Waals surface area contributed by atoms with Crippen LogP contribution in [0.15, 0.2) is 24.3 Å². The zero-order valence-corrected chi connectivity index (χ0v) is 11.9. The largest absolute Gasteiger partial charge is 0.497 e. The number of aliphatic hydroxyl groups excluding tert-OH is 1. The summed E-state index contributed by atoms with van der Waals surface area (Å²) in [5.41, 5.74) is 1.28. The van der Waals surface area contributed by atoms with Crippen molar-refractivity contribution in [1.29, 1.82) is 0 Å². The average molecular weight is 250 g/mol. The predicted octanol–water partition coefficient (Wildman–Crippen LogP) is 3.67. The van der Waals surface area contributed by atoms with Gasteiger partial charge in [0.2, 0.25) is 0 Å². The van der Waals surface area contributed by atoms with Crippen LogP contribution < -0.4 is 4.74 Å². The summed E-state index contributed by atoms with van der Waals surface area (Å²) in [6, 6.07) is 8.14. The molecule has 0 radical (unpaired) electrons. The first-order valence-corrected chi connectivity index (χ1v) is 6.89. The van der Waals surface area contributed by atoms with Crippen molar-refractivity contribution in [2.75, 3.05) is 13.7 Å². The molecule has 102 valence electrons. The van der Waals surface area contributed by atoms with Crippen molar-refractivity contribution < 1.29 is 9.84 Å². The molecule has 0 fully saturated rings. The Kier molecular flexibility index (Phi) is 6.81. The Labute approximate surface area is 111 Å². The number of benzene rings is 1. The number of hydrogen-bond acceptors (Lipinski definition) is 2. The molecule has 0 heterocycles. The maximum Gasteiger partial charge on any atom is 0.118 e. The highest BCUT2D eigenvalue weighted by molar-refractivity contribution is 5.27. The summed E-state index contributed by atoms with van der Waals surface area (Å²) >= 11 is 0. The van der Waals surface area contributed by atoms with E-state index in [-0.39, 0.29) is 6.61 Å². The first-order chi connectivity index (χ1) is 8.65. The van der Waals surface area contributed by atoms with Gasteiger partial charge in [-0.1, -0.05) is 38.8 Å². The van der Waals surface area contributed by atoms with Crippen molar-refractivity contribution in [3.8, 4) is 5.75 Å². The van der Waals surface area contributed by atoms with Crippen molar-refractivity contribution in [3.63, 3.8) is 0 Å². The van der Waals surface area contributed by atoms with Gasteiger partial charge in [0.25, 0.3) is 0 Å². The van der Waals surface area contributed by atoms with Gasteiger partial charge in [0, 0.05) is 6.61 Å². The van der Waals surface area contributed by atoms with Gasteiger partial charge in [-0.2, -0.15) is 0 Å². The fourth-order valence-electron chi connectivity index (χ4n) is 2.17. The van der Waals surface area contributed by atoms with Crippen LogP contribution in [0.3, 0.4) is 0 Å². The lowest BCUT2D eigenvalue weighted by atomic mass is 9.93. The van der Waals surface area contributed by atoms with Crippen molar-refractivity contribution >= 4 is 0 Å². The second-order valence-electron chi connectivity index (χ2n) is 5.43. The van der Waals surface area contributed by atoms with Crippen LogP contribution in [0.4, 0.5) is 0 Å². The van der Waals surface area contributed by atoms with E-state index in [0.717, 1.165) is 24.5 Å². The van der Waals surface area contributed by atoms with Gasteiger partial charge in [0.05, 0.1) is 7.11 Å². The second-order valence-corrected chi connectivity index (χ2v) is 5.43. The van der Waals surface area contributed by atoms with Crippen LogP contribution in [0.1, 0.15) is 38.7 Å².